The fourth-order valence-electron chi connectivity index (χ4n) is 1.78. The maximum absolute atomic E-state index is 9.48. The topological polar surface area (TPSA) is 95.9 Å². The zero-order valence-corrected chi connectivity index (χ0v) is 11.1. The van der Waals surface area contributed by atoms with Crippen molar-refractivity contribution in [2.75, 3.05) is 6.61 Å². The molecule has 5 heteroatoms. The van der Waals surface area contributed by atoms with Crippen LogP contribution < -0.4 is 10.5 Å². The Balaban J connectivity index is 1.99. The van der Waals surface area contributed by atoms with E-state index in [0.29, 0.717) is 18.8 Å². The Morgan fingerprint density at radius 2 is 1.63 bits per heavy atom. The van der Waals surface area contributed by atoms with Crippen LogP contribution in [0.2, 0.25) is 0 Å². The summed E-state index contributed by atoms with van der Waals surface area (Å²) >= 11 is 0. The Morgan fingerprint density at radius 3 is 2.32 bits per heavy atom. The maximum atomic E-state index is 9.48. The number of benzene rings is 1. The first-order chi connectivity index (χ1) is 8.99. The lowest BCUT2D eigenvalue weighted by molar-refractivity contribution is -0.160. The monoisotopic (exact) mass is 269 g/mol. The highest BCUT2D eigenvalue weighted by molar-refractivity contribution is 5.37. The van der Waals surface area contributed by atoms with E-state index in [2.05, 4.69) is 0 Å². The van der Waals surface area contributed by atoms with Crippen molar-refractivity contribution in [1.29, 1.82) is 0 Å². The van der Waals surface area contributed by atoms with Crippen molar-refractivity contribution in [3.05, 3.63) is 24.3 Å². The summed E-state index contributed by atoms with van der Waals surface area (Å²) in [7, 11) is 0. The molecule has 0 spiro atoms. The molecule has 0 aliphatic heterocycles. The molecule has 1 rings (SSSR count). The highest BCUT2D eigenvalue weighted by Gasteiger charge is 2.13. The van der Waals surface area contributed by atoms with E-state index in [1.165, 1.54) is 0 Å². The minimum Gasteiger partial charge on any atom is -0.504 e. The van der Waals surface area contributed by atoms with E-state index in [4.69, 9.17) is 20.7 Å². The first kappa shape index (κ1) is 15.8. The van der Waals surface area contributed by atoms with Gasteiger partial charge in [0.25, 0.3) is 0 Å². The minimum absolute atomic E-state index is 0.160. The Labute approximate surface area is 113 Å². The van der Waals surface area contributed by atoms with Gasteiger partial charge in [0.15, 0.2) is 11.5 Å². The number of hydrogen-bond donors (Lipinski definition) is 4. The SMILES string of the molecule is NC(O)(O)CCCCCCCOc1ccccc1O. The van der Waals surface area contributed by atoms with Crippen molar-refractivity contribution in [3.63, 3.8) is 0 Å². The van der Waals surface area contributed by atoms with E-state index < -0.39 is 5.91 Å². The van der Waals surface area contributed by atoms with Gasteiger partial charge in [0.1, 0.15) is 0 Å². The Bertz CT molecular complexity index is 363. The molecule has 0 amide bonds. The van der Waals surface area contributed by atoms with Crippen LogP contribution in [0.25, 0.3) is 0 Å². The fraction of sp³-hybridized carbons (Fsp3) is 0.571. The molecule has 0 unspecified atom stereocenters. The van der Waals surface area contributed by atoms with E-state index >= 15 is 0 Å². The van der Waals surface area contributed by atoms with Gasteiger partial charge in [-0.3, -0.25) is 5.73 Å². The van der Waals surface area contributed by atoms with E-state index in [-0.39, 0.29) is 12.2 Å². The van der Waals surface area contributed by atoms with Crippen molar-refractivity contribution >= 4 is 0 Å². The number of phenols is 1. The number of ether oxygens (including phenoxy) is 1. The Kier molecular flexibility index (Phi) is 6.62. The molecule has 0 atom stereocenters. The first-order valence-electron chi connectivity index (χ1n) is 6.63. The molecule has 0 radical (unpaired) electrons. The number of rotatable bonds is 9. The second-order valence-corrected chi connectivity index (χ2v) is 4.71. The summed E-state index contributed by atoms with van der Waals surface area (Å²) in [6.07, 6.45) is 4.71. The van der Waals surface area contributed by atoms with Gasteiger partial charge >= 0.3 is 0 Å². The summed E-state index contributed by atoms with van der Waals surface area (Å²) < 4.78 is 5.45. The lowest BCUT2D eigenvalue weighted by Crippen LogP contribution is -2.38. The lowest BCUT2D eigenvalue weighted by Gasteiger charge is -2.14. The third kappa shape index (κ3) is 7.66. The van der Waals surface area contributed by atoms with Crippen molar-refractivity contribution in [2.45, 2.75) is 44.4 Å². The molecule has 1 aromatic rings. The zero-order valence-electron chi connectivity index (χ0n) is 11.1. The fourth-order valence-corrected chi connectivity index (χ4v) is 1.78. The van der Waals surface area contributed by atoms with Crippen LogP contribution in [0.3, 0.4) is 0 Å². The van der Waals surface area contributed by atoms with Crippen LogP contribution in [0.4, 0.5) is 0 Å². The van der Waals surface area contributed by atoms with Gasteiger partial charge in [0.05, 0.1) is 6.61 Å². The molecule has 0 fully saturated rings. The molecular weight excluding hydrogens is 246 g/mol. The molecule has 0 saturated heterocycles. The van der Waals surface area contributed by atoms with Crippen LogP contribution in [0, 0.1) is 0 Å². The second kappa shape index (κ2) is 7.99. The number of aromatic hydroxyl groups is 1. The highest BCUT2D eigenvalue weighted by atomic mass is 16.5. The normalized spacial score (nSPS) is 11.5. The molecule has 5 nitrogen and oxygen atoms in total. The molecule has 5 N–H and O–H groups in total. The molecule has 0 aliphatic rings. The van der Waals surface area contributed by atoms with Crippen LogP contribution in [0.1, 0.15) is 38.5 Å². The van der Waals surface area contributed by atoms with E-state index in [0.717, 1.165) is 25.7 Å². The van der Waals surface area contributed by atoms with E-state index in [9.17, 15) is 5.11 Å². The van der Waals surface area contributed by atoms with Gasteiger partial charge in [-0.2, -0.15) is 0 Å². The summed E-state index contributed by atoms with van der Waals surface area (Å²) in [5.74, 6) is -1.36. The smallest absolute Gasteiger partial charge is 0.219 e. The predicted octanol–water partition coefficient (Wildman–Crippen LogP) is 1.71. The quantitative estimate of drug-likeness (QED) is 0.404. The second-order valence-electron chi connectivity index (χ2n) is 4.71. The lowest BCUT2D eigenvalue weighted by atomic mass is 10.1. The van der Waals surface area contributed by atoms with Crippen molar-refractivity contribution in [1.82, 2.24) is 0 Å². The largest absolute Gasteiger partial charge is 0.504 e. The van der Waals surface area contributed by atoms with Crippen LogP contribution in [0.15, 0.2) is 24.3 Å². The summed E-state index contributed by atoms with van der Waals surface area (Å²) in [5.41, 5.74) is 5.04. The van der Waals surface area contributed by atoms with Gasteiger partial charge < -0.3 is 20.1 Å². The van der Waals surface area contributed by atoms with Crippen LogP contribution in [0.5, 0.6) is 11.5 Å². The first-order valence-corrected chi connectivity index (χ1v) is 6.63. The number of nitrogens with two attached hydrogens (primary N) is 1. The summed E-state index contributed by atoms with van der Waals surface area (Å²) in [6, 6.07) is 6.90. The number of unbranched alkanes of at least 4 members (excludes halogenated alkanes) is 4. The summed E-state index contributed by atoms with van der Waals surface area (Å²) in [4.78, 5) is 0. The molecule has 1 aromatic carbocycles. The maximum Gasteiger partial charge on any atom is 0.219 e. The predicted molar refractivity (Wildman–Crippen MR) is 72.7 cm³/mol. The molecule has 0 aliphatic carbocycles. The number of para-hydroxylation sites is 2. The van der Waals surface area contributed by atoms with Gasteiger partial charge in [-0.25, -0.2) is 0 Å². The number of hydrogen-bond acceptors (Lipinski definition) is 5. The average molecular weight is 269 g/mol. The minimum atomic E-state index is -2.03. The average Bonchev–Trinajstić information content (AvgIpc) is 2.33. The molecular formula is C14H23NO4. The van der Waals surface area contributed by atoms with Crippen molar-refractivity contribution in [3.8, 4) is 11.5 Å². The van der Waals surface area contributed by atoms with Crippen LogP contribution >= 0.6 is 0 Å². The van der Waals surface area contributed by atoms with Gasteiger partial charge in [0, 0.05) is 6.42 Å². The number of phenolic OH excluding ortho intramolecular Hbond substituents is 1. The van der Waals surface area contributed by atoms with E-state index in [1.54, 1.807) is 18.2 Å². The standard InChI is InChI=1S/C14H23NO4/c15-14(17,18)10-6-2-1-3-7-11-19-13-9-5-4-8-12(13)16/h4-5,8-9,16-18H,1-3,6-7,10-11,15H2. The third-order valence-corrected chi connectivity index (χ3v) is 2.81. The van der Waals surface area contributed by atoms with Crippen LogP contribution in [-0.2, 0) is 0 Å². The Hall–Kier alpha value is -1.30. The van der Waals surface area contributed by atoms with Crippen LogP contribution in [-0.4, -0.2) is 27.8 Å². The van der Waals surface area contributed by atoms with Gasteiger partial charge in [-0.05, 0) is 25.0 Å². The summed E-state index contributed by atoms with van der Waals surface area (Å²) in [5, 5.41) is 27.3. The molecule has 0 bridgehead atoms. The summed E-state index contributed by atoms with van der Waals surface area (Å²) in [6.45, 7) is 0.568. The molecule has 0 heterocycles. The molecule has 0 aromatic heterocycles. The highest BCUT2D eigenvalue weighted by Crippen LogP contribution is 2.24. The van der Waals surface area contributed by atoms with E-state index in [1.807, 2.05) is 6.07 Å². The molecule has 19 heavy (non-hydrogen) atoms. The third-order valence-electron chi connectivity index (χ3n) is 2.81. The Morgan fingerprint density at radius 1 is 1.00 bits per heavy atom. The molecule has 108 valence electrons. The zero-order chi connectivity index (χ0) is 14.1. The van der Waals surface area contributed by atoms with Gasteiger partial charge in [0.2, 0.25) is 5.91 Å². The molecule has 0 saturated carbocycles. The van der Waals surface area contributed by atoms with Gasteiger partial charge in [-0.15, -0.1) is 0 Å². The number of aliphatic hydroxyl groups is 2. The van der Waals surface area contributed by atoms with Crippen molar-refractivity contribution < 1.29 is 20.1 Å². The van der Waals surface area contributed by atoms with Crippen molar-refractivity contribution in [2.24, 2.45) is 5.73 Å². The van der Waals surface area contributed by atoms with Gasteiger partial charge in [-0.1, -0.05) is 31.4 Å².